The summed E-state index contributed by atoms with van der Waals surface area (Å²) in [5.41, 5.74) is 3.59. The number of allylic oxidation sites excluding steroid dienone is 8. The first kappa shape index (κ1) is 25.2. The monoisotopic (exact) mass is 437 g/mol. The Labute approximate surface area is 184 Å². The van der Waals surface area contributed by atoms with Gasteiger partial charge in [-0.2, -0.15) is 13.2 Å². The van der Waals surface area contributed by atoms with Crippen LogP contribution in [-0.2, 0) is 0 Å². The van der Waals surface area contributed by atoms with Crippen LogP contribution in [0.15, 0.2) is 71.9 Å². The molecule has 0 aromatic rings. The van der Waals surface area contributed by atoms with Crippen LogP contribution in [0.4, 0.5) is 17.6 Å². The third-order valence-electron chi connectivity index (χ3n) is 6.67. The van der Waals surface area contributed by atoms with Gasteiger partial charge in [0.25, 0.3) is 0 Å². The van der Waals surface area contributed by atoms with Gasteiger partial charge in [0.15, 0.2) is 0 Å². The van der Waals surface area contributed by atoms with Crippen molar-refractivity contribution < 1.29 is 17.6 Å². The highest BCUT2D eigenvalue weighted by Gasteiger charge is 2.46. The fourth-order valence-corrected chi connectivity index (χ4v) is 4.98. The van der Waals surface area contributed by atoms with Crippen LogP contribution in [0.2, 0.25) is 0 Å². The van der Waals surface area contributed by atoms with Gasteiger partial charge in [0, 0.05) is 11.4 Å². The van der Waals surface area contributed by atoms with E-state index in [4.69, 9.17) is 0 Å². The lowest BCUT2D eigenvalue weighted by Crippen LogP contribution is -2.36. The standard InChI is InChI=1S/C26H35F4N/c1-6-21(27)12-13-22(7-2)31-24(8-3)18(4)17-25(5)15-9-10-19-16-20(26(28,29)30)11-14-23(19)25/h7-8,12-14,19-20,31H,2-3,6,9-11,15-17H2,1,4-5H3/b21-12+,22-13+,24-18+/t19?,20-,25-/m1/s1. The molecule has 0 spiro atoms. The highest BCUT2D eigenvalue weighted by molar-refractivity contribution is 5.34. The first-order valence-electron chi connectivity index (χ1n) is 11.1. The summed E-state index contributed by atoms with van der Waals surface area (Å²) in [4.78, 5) is 0. The summed E-state index contributed by atoms with van der Waals surface area (Å²) in [5.74, 6) is -1.43. The summed E-state index contributed by atoms with van der Waals surface area (Å²) in [7, 11) is 0. The number of alkyl halides is 3. The average molecular weight is 438 g/mol. The minimum atomic E-state index is -4.12. The maximum Gasteiger partial charge on any atom is 0.392 e. The molecule has 1 saturated carbocycles. The van der Waals surface area contributed by atoms with Crippen LogP contribution >= 0.6 is 0 Å². The van der Waals surface area contributed by atoms with Crippen molar-refractivity contribution in [3.63, 3.8) is 0 Å². The molecule has 1 nitrogen and oxygen atoms in total. The van der Waals surface area contributed by atoms with Crippen molar-refractivity contribution in [3.05, 3.63) is 71.9 Å². The van der Waals surface area contributed by atoms with Gasteiger partial charge in [-0.3, -0.25) is 0 Å². The van der Waals surface area contributed by atoms with Crippen molar-refractivity contribution in [1.29, 1.82) is 0 Å². The van der Waals surface area contributed by atoms with Crippen LogP contribution in [0.25, 0.3) is 0 Å². The summed E-state index contributed by atoms with van der Waals surface area (Å²) in [6.45, 7) is 13.6. The van der Waals surface area contributed by atoms with Crippen molar-refractivity contribution in [3.8, 4) is 0 Å². The Morgan fingerprint density at radius 3 is 2.55 bits per heavy atom. The Hall–Kier alpha value is -2.04. The highest BCUT2D eigenvalue weighted by Crippen LogP contribution is 2.53. The zero-order valence-corrected chi connectivity index (χ0v) is 18.9. The summed E-state index contributed by atoms with van der Waals surface area (Å²) in [6, 6.07) is 0. The molecular weight excluding hydrogens is 402 g/mol. The number of fused-ring (bicyclic) bond motifs is 1. The topological polar surface area (TPSA) is 12.0 Å². The van der Waals surface area contributed by atoms with E-state index in [1.54, 1.807) is 25.2 Å². The van der Waals surface area contributed by atoms with E-state index in [1.807, 2.05) is 13.0 Å². The zero-order valence-electron chi connectivity index (χ0n) is 18.9. The van der Waals surface area contributed by atoms with Crippen LogP contribution in [0.5, 0.6) is 0 Å². The molecule has 3 atom stereocenters. The minimum absolute atomic E-state index is 0.0119. The Kier molecular flexibility index (Phi) is 8.56. The van der Waals surface area contributed by atoms with Gasteiger partial charge in [-0.05, 0) is 86.7 Å². The first-order valence-corrected chi connectivity index (χ1v) is 11.1. The Morgan fingerprint density at radius 2 is 1.97 bits per heavy atom. The molecule has 0 aliphatic heterocycles. The third-order valence-corrected chi connectivity index (χ3v) is 6.67. The van der Waals surface area contributed by atoms with Gasteiger partial charge in [-0.15, -0.1) is 0 Å². The molecule has 0 saturated heterocycles. The van der Waals surface area contributed by atoms with E-state index in [2.05, 4.69) is 25.4 Å². The van der Waals surface area contributed by atoms with Crippen molar-refractivity contribution in [2.45, 2.75) is 71.9 Å². The minimum Gasteiger partial charge on any atom is -0.356 e. The molecule has 0 aromatic carbocycles. The molecule has 0 aromatic heterocycles. The molecule has 1 fully saturated rings. The number of rotatable bonds is 8. The largest absolute Gasteiger partial charge is 0.392 e. The van der Waals surface area contributed by atoms with Gasteiger partial charge in [0.2, 0.25) is 0 Å². The number of nitrogens with one attached hydrogen (secondary N) is 1. The molecule has 0 radical (unpaired) electrons. The van der Waals surface area contributed by atoms with Crippen LogP contribution in [-0.4, -0.2) is 6.18 Å². The van der Waals surface area contributed by atoms with Crippen LogP contribution in [0.1, 0.15) is 65.7 Å². The molecule has 5 heteroatoms. The van der Waals surface area contributed by atoms with Crippen molar-refractivity contribution in [2.24, 2.45) is 17.3 Å². The third kappa shape index (κ3) is 6.47. The van der Waals surface area contributed by atoms with Crippen LogP contribution in [0.3, 0.4) is 0 Å². The molecule has 1 N–H and O–H groups in total. The molecule has 0 bridgehead atoms. The molecule has 0 amide bonds. The average Bonchev–Trinajstić information content (AvgIpc) is 2.72. The van der Waals surface area contributed by atoms with Crippen LogP contribution in [0, 0.1) is 17.3 Å². The quantitative estimate of drug-likeness (QED) is 0.228. The summed E-state index contributed by atoms with van der Waals surface area (Å²) < 4.78 is 53.2. The molecular formula is C26H35F4N. The van der Waals surface area contributed by atoms with E-state index < -0.39 is 12.1 Å². The maximum absolute atomic E-state index is 13.5. The van der Waals surface area contributed by atoms with Crippen molar-refractivity contribution in [2.75, 3.05) is 0 Å². The molecule has 2 aliphatic carbocycles. The summed E-state index contributed by atoms with van der Waals surface area (Å²) in [6.07, 6.45) is 8.24. The highest BCUT2D eigenvalue weighted by atomic mass is 19.4. The first-order chi connectivity index (χ1) is 14.5. The van der Waals surface area contributed by atoms with E-state index >= 15 is 0 Å². The van der Waals surface area contributed by atoms with Crippen LogP contribution < -0.4 is 5.32 Å². The summed E-state index contributed by atoms with van der Waals surface area (Å²) in [5, 5.41) is 3.26. The van der Waals surface area contributed by atoms with Gasteiger partial charge in [0.05, 0.1) is 11.7 Å². The second kappa shape index (κ2) is 10.5. The zero-order chi connectivity index (χ0) is 23.2. The number of hydrogen-bond donors (Lipinski definition) is 1. The number of hydrogen-bond acceptors (Lipinski definition) is 1. The van der Waals surface area contributed by atoms with Gasteiger partial charge in [0.1, 0.15) is 0 Å². The predicted octanol–water partition coefficient (Wildman–Crippen LogP) is 8.46. The lowest BCUT2D eigenvalue weighted by Gasteiger charge is -2.45. The van der Waals surface area contributed by atoms with Gasteiger partial charge < -0.3 is 5.32 Å². The normalized spacial score (nSPS) is 28.3. The second-order valence-corrected chi connectivity index (χ2v) is 9.01. The van der Waals surface area contributed by atoms with Crippen molar-refractivity contribution in [1.82, 2.24) is 5.32 Å². The SMILES string of the molecule is C=C/C(=C\C=C(\F)CC)N/C(C=C)=C(\C)C[C@@]1(C)CCCC2C[C@H](C(F)(F)F)CC=C21. The van der Waals surface area contributed by atoms with E-state index in [0.29, 0.717) is 12.1 Å². The van der Waals surface area contributed by atoms with Gasteiger partial charge in [-0.25, -0.2) is 4.39 Å². The van der Waals surface area contributed by atoms with Gasteiger partial charge >= 0.3 is 6.18 Å². The van der Waals surface area contributed by atoms with E-state index in [9.17, 15) is 17.6 Å². The molecule has 31 heavy (non-hydrogen) atoms. The lowest BCUT2D eigenvalue weighted by atomic mass is 9.60. The smallest absolute Gasteiger partial charge is 0.356 e. The van der Waals surface area contributed by atoms with Gasteiger partial charge in [-0.1, -0.05) is 45.1 Å². The van der Waals surface area contributed by atoms with E-state index in [-0.39, 0.29) is 30.0 Å². The molecule has 0 heterocycles. The van der Waals surface area contributed by atoms with E-state index in [0.717, 1.165) is 37.0 Å². The lowest BCUT2D eigenvalue weighted by molar-refractivity contribution is -0.179. The predicted molar refractivity (Wildman–Crippen MR) is 121 cm³/mol. The molecule has 1 unspecified atom stereocenters. The Balaban J connectivity index is 2.25. The maximum atomic E-state index is 13.5. The fourth-order valence-electron chi connectivity index (χ4n) is 4.98. The fraction of sp³-hybridized carbons (Fsp3) is 0.538. The molecule has 2 rings (SSSR count). The molecule has 2 aliphatic rings. The summed E-state index contributed by atoms with van der Waals surface area (Å²) >= 11 is 0. The van der Waals surface area contributed by atoms with Crippen molar-refractivity contribution >= 4 is 0 Å². The molecule has 172 valence electrons. The number of halogens is 4. The Bertz CT molecular complexity index is 797. The van der Waals surface area contributed by atoms with E-state index in [1.165, 1.54) is 11.6 Å². The Morgan fingerprint density at radius 1 is 1.26 bits per heavy atom. The second-order valence-electron chi connectivity index (χ2n) is 9.01.